The van der Waals surface area contributed by atoms with Crippen LogP contribution in [0.15, 0.2) is 82.6 Å². The van der Waals surface area contributed by atoms with Gasteiger partial charge < -0.3 is 9.53 Å². The Morgan fingerprint density at radius 1 is 0.618 bits per heavy atom. The van der Waals surface area contributed by atoms with Gasteiger partial charge in [-0.1, -0.05) is 101 Å². The molecule has 0 atom stereocenters. The summed E-state index contributed by atoms with van der Waals surface area (Å²) in [5, 5.41) is 9.80. The van der Waals surface area contributed by atoms with Crippen LogP contribution in [-0.4, -0.2) is 13.4 Å². The van der Waals surface area contributed by atoms with Gasteiger partial charge in [0.2, 0.25) is 0 Å². The first kappa shape index (κ1) is 25.0. The van der Waals surface area contributed by atoms with Crippen LogP contribution < -0.4 is 4.43 Å². The van der Waals surface area contributed by atoms with Gasteiger partial charge in [0.15, 0.2) is 0 Å². The summed E-state index contributed by atoms with van der Waals surface area (Å²) in [7, 11) is -1.99. The number of phenolic OH excluding ortho intramolecular Hbond substituents is 1. The second-order valence-electron chi connectivity index (χ2n) is 9.80. The second-order valence-corrected chi connectivity index (χ2v) is 17.3. The van der Waals surface area contributed by atoms with Gasteiger partial charge in [0.25, 0.3) is 8.32 Å². The van der Waals surface area contributed by atoms with Gasteiger partial charge in [-0.15, -0.1) is 0 Å². The third-order valence-corrected chi connectivity index (χ3v) is 15.4. The molecule has 3 aromatic rings. The molecule has 0 saturated heterocycles. The Morgan fingerprint density at radius 2 is 1.03 bits per heavy atom. The summed E-state index contributed by atoms with van der Waals surface area (Å²) in [4.78, 5) is 4.99. The molecule has 2 nitrogen and oxygen atoms in total. The highest BCUT2D eigenvalue weighted by atomic mass is 32.2. The van der Waals surface area contributed by atoms with Crippen LogP contribution in [0.25, 0.3) is 9.81 Å². The number of benzene rings is 3. The average molecular weight is 507 g/mol. The maximum Gasteiger partial charge on any atom is 0.258 e. The van der Waals surface area contributed by atoms with Crippen LogP contribution in [0.1, 0.15) is 52.7 Å². The lowest BCUT2D eigenvalue weighted by Crippen LogP contribution is -2.50. The van der Waals surface area contributed by atoms with Gasteiger partial charge in [0, 0.05) is 19.6 Å². The third-order valence-electron chi connectivity index (χ3n) is 6.73. The molecule has 4 rings (SSSR count). The molecule has 1 aliphatic rings. The lowest BCUT2D eigenvalue weighted by molar-refractivity contribution is 0.475. The number of rotatable bonds is 7. The smallest absolute Gasteiger partial charge is 0.258 e. The number of hydrogen-bond donors (Lipinski definition) is 1. The Kier molecular flexibility index (Phi) is 7.56. The maximum absolute atomic E-state index is 9.80. The van der Waals surface area contributed by atoms with E-state index in [-0.39, 0.29) is 5.75 Å². The molecule has 0 amide bonds. The minimum Gasteiger partial charge on any atom is -0.543 e. The molecule has 3 aromatic carbocycles. The number of thioether (sulfide) groups is 2. The summed E-state index contributed by atoms with van der Waals surface area (Å²) >= 11 is 3.61. The van der Waals surface area contributed by atoms with Crippen LogP contribution in [0, 0.1) is 0 Å². The Labute approximate surface area is 214 Å². The molecule has 0 spiro atoms. The zero-order chi connectivity index (χ0) is 24.5. The van der Waals surface area contributed by atoms with Gasteiger partial charge >= 0.3 is 0 Å². The minimum atomic E-state index is -1.99. The summed E-state index contributed by atoms with van der Waals surface area (Å²) in [5.74, 6) is 1.27. The molecule has 34 heavy (non-hydrogen) atoms. The monoisotopic (exact) mass is 506 g/mol. The van der Waals surface area contributed by atoms with E-state index in [1.165, 1.54) is 25.2 Å². The van der Waals surface area contributed by atoms with Crippen LogP contribution in [0.2, 0.25) is 16.6 Å². The minimum absolute atomic E-state index is 0.286. The van der Waals surface area contributed by atoms with Crippen molar-refractivity contribution in [1.29, 1.82) is 0 Å². The molecule has 1 N–H and O–H groups in total. The van der Waals surface area contributed by atoms with Crippen molar-refractivity contribution in [1.82, 2.24) is 0 Å². The molecule has 1 aliphatic heterocycles. The molecular weight excluding hydrogens is 473 g/mol. The lowest BCUT2D eigenvalue weighted by atomic mass is 10.1. The van der Waals surface area contributed by atoms with E-state index in [4.69, 9.17) is 4.43 Å². The highest BCUT2D eigenvalue weighted by molar-refractivity contribution is 8.16. The average Bonchev–Trinajstić information content (AvgIpc) is 2.82. The van der Waals surface area contributed by atoms with E-state index >= 15 is 0 Å². The van der Waals surface area contributed by atoms with Crippen LogP contribution >= 0.6 is 23.5 Å². The van der Waals surface area contributed by atoms with Gasteiger partial charge in [0.1, 0.15) is 11.5 Å². The molecule has 0 unspecified atom stereocenters. The molecule has 1 heterocycles. The van der Waals surface area contributed by atoms with Crippen molar-refractivity contribution < 1.29 is 9.53 Å². The first-order chi connectivity index (χ1) is 16.2. The Morgan fingerprint density at radius 3 is 1.44 bits per heavy atom. The van der Waals surface area contributed by atoms with E-state index in [2.05, 4.69) is 90.1 Å². The Bertz CT molecular complexity index is 1140. The zero-order valence-electron chi connectivity index (χ0n) is 20.8. The SMILES string of the molecule is CC(C)[Si](Oc1ccc(C2=C(c3ccc(O)cc3)Sc3ccccc3S2)cc1)(C(C)C)C(C)C. The highest BCUT2D eigenvalue weighted by Gasteiger charge is 2.47. The first-order valence-electron chi connectivity index (χ1n) is 12.0. The molecule has 0 fully saturated rings. The van der Waals surface area contributed by atoms with Crippen molar-refractivity contribution in [3.8, 4) is 11.5 Å². The quantitative estimate of drug-likeness (QED) is 0.323. The summed E-state index contributed by atoms with van der Waals surface area (Å²) in [6.07, 6.45) is 0. The first-order valence-corrected chi connectivity index (χ1v) is 15.8. The molecule has 0 aromatic heterocycles. The molecule has 0 radical (unpaired) electrons. The molecule has 0 bridgehead atoms. The fourth-order valence-electron chi connectivity index (χ4n) is 5.16. The maximum atomic E-state index is 9.80. The fraction of sp³-hybridized carbons (Fsp3) is 0.310. The summed E-state index contributed by atoms with van der Waals surface area (Å²) in [6, 6.07) is 24.8. The molecular formula is C29H34O2S2Si. The van der Waals surface area contributed by atoms with Crippen molar-refractivity contribution in [2.24, 2.45) is 0 Å². The summed E-state index contributed by atoms with van der Waals surface area (Å²) in [5.41, 5.74) is 3.92. The van der Waals surface area contributed by atoms with Crippen LogP contribution in [-0.2, 0) is 0 Å². The lowest BCUT2D eigenvalue weighted by Gasteiger charge is -2.42. The Balaban J connectivity index is 1.72. The summed E-state index contributed by atoms with van der Waals surface area (Å²) < 4.78 is 6.89. The zero-order valence-corrected chi connectivity index (χ0v) is 23.5. The van der Waals surface area contributed by atoms with E-state index in [9.17, 15) is 5.11 Å². The van der Waals surface area contributed by atoms with E-state index in [0.29, 0.717) is 16.6 Å². The Hall–Kier alpha value is -2.08. The topological polar surface area (TPSA) is 29.5 Å². The largest absolute Gasteiger partial charge is 0.543 e. The van der Waals surface area contributed by atoms with Gasteiger partial charge in [-0.05, 0) is 64.1 Å². The van der Waals surface area contributed by atoms with Gasteiger partial charge in [-0.3, -0.25) is 0 Å². The molecule has 0 saturated carbocycles. The molecule has 178 valence electrons. The normalized spacial score (nSPS) is 14.1. The fourth-order valence-corrected chi connectivity index (χ4v) is 12.9. The van der Waals surface area contributed by atoms with E-state index < -0.39 is 8.32 Å². The predicted octanol–water partition coefficient (Wildman–Crippen LogP) is 9.67. The summed E-state index contributed by atoms with van der Waals surface area (Å²) in [6.45, 7) is 13.9. The number of hydrogen-bond acceptors (Lipinski definition) is 4. The number of fused-ring (bicyclic) bond motifs is 1. The number of phenols is 1. The molecule has 5 heteroatoms. The number of aromatic hydroxyl groups is 1. The van der Waals surface area contributed by atoms with Crippen LogP contribution in [0.4, 0.5) is 0 Å². The van der Waals surface area contributed by atoms with Gasteiger partial charge in [0.05, 0.1) is 0 Å². The van der Waals surface area contributed by atoms with Crippen molar-refractivity contribution in [2.75, 3.05) is 0 Å². The van der Waals surface area contributed by atoms with Gasteiger partial charge in [-0.2, -0.15) is 0 Å². The standard InChI is InChI=1S/C29H34O2S2Si/c1-19(2)34(20(3)4,21(5)6)31-25-17-13-23(14-18-25)29-28(22-11-15-24(30)16-12-22)32-26-9-7-8-10-27(26)33-29/h7-21,30H,1-6H3. The van der Waals surface area contributed by atoms with Crippen molar-refractivity contribution in [3.05, 3.63) is 83.9 Å². The van der Waals surface area contributed by atoms with E-state index in [0.717, 1.165) is 11.3 Å². The van der Waals surface area contributed by atoms with E-state index in [1.807, 2.05) is 23.9 Å². The second kappa shape index (κ2) is 10.3. The molecule has 0 aliphatic carbocycles. The van der Waals surface area contributed by atoms with Crippen molar-refractivity contribution in [2.45, 2.75) is 68.0 Å². The van der Waals surface area contributed by atoms with Crippen molar-refractivity contribution >= 4 is 41.7 Å². The van der Waals surface area contributed by atoms with E-state index in [1.54, 1.807) is 23.9 Å². The van der Waals surface area contributed by atoms with Crippen LogP contribution in [0.5, 0.6) is 11.5 Å². The predicted molar refractivity (Wildman–Crippen MR) is 151 cm³/mol. The van der Waals surface area contributed by atoms with Crippen molar-refractivity contribution in [3.63, 3.8) is 0 Å². The van der Waals surface area contributed by atoms with Gasteiger partial charge in [-0.25, -0.2) is 0 Å². The third kappa shape index (κ3) is 4.84. The van der Waals surface area contributed by atoms with Crippen LogP contribution in [0.3, 0.4) is 0 Å². The highest BCUT2D eigenvalue weighted by Crippen LogP contribution is 2.54.